The van der Waals surface area contributed by atoms with Gasteiger partial charge in [-0.2, -0.15) is 0 Å². The molecule has 2 saturated carbocycles. The summed E-state index contributed by atoms with van der Waals surface area (Å²) in [5.41, 5.74) is 12.8. The molecule has 3 unspecified atom stereocenters. The first-order valence-electron chi connectivity index (χ1n) is 10.2. The van der Waals surface area contributed by atoms with Gasteiger partial charge in [-0.25, -0.2) is 0 Å². The number of carbonyl (C=O) groups is 3. The molecule has 2 aromatic rings. The van der Waals surface area contributed by atoms with Crippen LogP contribution in [-0.4, -0.2) is 38.9 Å². The minimum absolute atomic E-state index is 0.0975. The lowest BCUT2D eigenvalue weighted by atomic mass is 9.59. The second-order valence-corrected chi connectivity index (χ2v) is 8.79. The average Bonchev–Trinajstić information content (AvgIpc) is 2.68. The number of benzene rings is 2. The Kier molecular flexibility index (Phi) is 4.14. The number of aliphatic hydroxyl groups excluding tert-OH is 2. The van der Waals surface area contributed by atoms with Crippen LogP contribution in [0.1, 0.15) is 24.0 Å². The number of aliphatic hydroxyl groups is 2. The van der Waals surface area contributed by atoms with Crippen molar-refractivity contribution in [3.63, 3.8) is 0 Å². The molecule has 8 nitrogen and oxygen atoms in total. The van der Waals surface area contributed by atoms with E-state index >= 15 is 0 Å². The van der Waals surface area contributed by atoms with Crippen LogP contribution in [-0.2, 0) is 20.8 Å². The average molecular weight is 422 g/mol. The number of nitrogen functional groups attached to an aromatic ring is 1. The zero-order chi connectivity index (χ0) is 22.2. The van der Waals surface area contributed by atoms with Gasteiger partial charge in [0.15, 0.2) is 11.6 Å². The van der Waals surface area contributed by atoms with Crippen LogP contribution in [0.2, 0.25) is 0 Å². The number of hydrogen-bond donors (Lipinski definition) is 5. The Bertz CT molecular complexity index is 1220. The molecule has 0 aromatic heterocycles. The van der Waals surface area contributed by atoms with E-state index in [0.717, 1.165) is 0 Å². The Labute approximate surface area is 177 Å². The van der Waals surface area contributed by atoms with Crippen LogP contribution in [0.5, 0.6) is 5.75 Å². The lowest BCUT2D eigenvalue weighted by molar-refractivity contribution is -0.150. The number of phenols is 1. The SMILES string of the molecule is NC(=O)C1C(=O)C2C(=O)C3=C(O)c4c(cc5c(N)cccc5c4O)C[C@H]3C[C@H]2CC1O. The summed E-state index contributed by atoms with van der Waals surface area (Å²) in [5, 5.41) is 33.3. The number of carbonyl (C=O) groups excluding carboxylic acids is 3. The van der Waals surface area contributed by atoms with Crippen molar-refractivity contribution < 1.29 is 29.7 Å². The predicted molar refractivity (Wildman–Crippen MR) is 112 cm³/mol. The van der Waals surface area contributed by atoms with Crippen molar-refractivity contribution in [3.8, 4) is 5.75 Å². The van der Waals surface area contributed by atoms with Crippen LogP contribution in [0.4, 0.5) is 5.69 Å². The molecule has 0 heterocycles. The van der Waals surface area contributed by atoms with Gasteiger partial charge in [-0.3, -0.25) is 14.4 Å². The highest BCUT2D eigenvalue weighted by atomic mass is 16.3. The van der Waals surface area contributed by atoms with E-state index in [1.54, 1.807) is 18.2 Å². The summed E-state index contributed by atoms with van der Waals surface area (Å²) < 4.78 is 0. The Morgan fingerprint density at radius 2 is 1.84 bits per heavy atom. The number of allylic oxidation sites excluding steroid dienone is 1. The Morgan fingerprint density at radius 3 is 2.55 bits per heavy atom. The van der Waals surface area contributed by atoms with Crippen LogP contribution in [0.15, 0.2) is 29.8 Å². The number of primary amides is 1. The van der Waals surface area contributed by atoms with Crippen molar-refractivity contribution >= 4 is 39.7 Å². The highest BCUT2D eigenvalue weighted by Gasteiger charge is 2.54. The zero-order valence-corrected chi connectivity index (χ0v) is 16.5. The van der Waals surface area contributed by atoms with E-state index in [9.17, 15) is 29.7 Å². The normalized spacial score (nSPS) is 30.0. The molecule has 2 fully saturated rings. The van der Waals surface area contributed by atoms with E-state index < -0.39 is 41.3 Å². The summed E-state index contributed by atoms with van der Waals surface area (Å²) in [5.74, 6) is -6.08. The van der Waals surface area contributed by atoms with Gasteiger partial charge < -0.3 is 26.8 Å². The van der Waals surface area contributed by atoms with Gasteiger partial charge in [0.25, 0.3) is 0 Å². The number of anilines is 1. The number of nitrogens with two attached hydrogens (primary N) is 2. The van der Waals surface area contributed by atoms with Gasteiger partial charge in [-0.15, -0.1) is 0 Å². The highest BCUT2D eigenvalue weighted by molar-refractivity contribution is 6.19. The minimum atomic E-state index is -1.43. The van der Waals surface area contributed by atoms with Crippen LogP contribution < -0.4 is 11.5 Å². The second kappa shape index (κ2) is 6.55. The van der Waals surface area contributed by atoms with Crippen LogP contribution in [0.3, 0.4) is 0 Å². The molecule has 0 spiro atoms. The fraction of sp³-hybridized carbons (Fsp3) is 0.348. The van der Waals surface area contributed by atoms with Gasteiger partial charge in [-0.1, -0.05) is 12.1 Å². The molecule has 0 bridgehead atoms. The second-order valence-electron chi connectivity index (χ2n) is 8.79. The number of rotatable bonds is 1. The lowest BCUT2D eigenvalue weighted by Crippen LogP contribution is -2.54. The van der Waals surface area contributed by atoms with E-state index in [0.29, 0.717) is 34.9 Å². The van der Waals surface area contributed by atoms with Crippen molar-refractivity contribution in [3.05, 3.63) is 41.0 Å². The molecule has 8 heteroatoms. The molecule has 5 atom stereocenters. The molecule has 0 saturated heterocycles. The van der Waals surface area contributed by atoms with E-state index in [4.69, 9.17) is 11.5 Å². The fourth-order valence-electron chi connectivity index (χ4n) is 5.76. The quantitative estimate of drug-likeness (QED) is 0.340. The van der Waals surface area contributed by atoms with Crippen molar-refractivity contribution in [1.82, 2.24) is 0 Å². The summed E-state index contributed by atoms with van der Waals surface area (Å²) in [6, 6.07) is 6.89. The number of hydrogen-bond acceptors (Lipinski definition) is 7. The Balaban J connectivity index is 1.66. The van der Waals surface area contributed by atoms with Crippen molar-refractivity contribution in [2.45, 2.75) is 25.4 Å². The number of phenolic OH excluding ortho intramolecular Hbond substituents is 1. The molecular formula is C23H22N2O6. The van der Waals surface area contributed by atoms with Crippen LogP contribution >= 0.6 is 0 Å². The maximum absolute atomic E-state index is 13.4. The van der Waals surface area contributed by atoms with E-state index in [-0.39, 0.29) is 35.0 Å². The first kappa shape index (κ1) is 19.6. The maximum atomic E-state index is 13.4. The monoisotopic (exact) mass is 422 g/mol. The maximum Gasteiger partial charge on any atom is 0.230 e. The summed E-state index contributed by atoms with van der Waals surface area (Å²) in [4.78, 5) is 37.9. The molecule has 0 radical (unpaired) electrons. The summed E-state index contributed by atoms with van der Waals surface area (Å²) in [6.45, 7) is 0. The topological polar surface area (TPSA) is 164 Å². The third kappa shape index (κ3) is 2.61. The third-order valence-electron chi connectivity index (χ3n) is 7.09. The highest BCUT2D eigenvalue weighted by Crippen LogP contribution is 2.51. The molecule has 2 aromatic carbocycles. The Hall–Kier alpha value is -3.39. The molecule has 5 rings (SSSR count). The van der Waals surface area contributed by atoms with Crippen molar-refractivity contribution in [2.24, 2.45) is 29.4 Å². The zero-order valence-electron chi connectivity index (χ0n) is 16.5. The van der Waals surface area contributed by atoms with Gasteiger partial charge in [0.05, 0.1) is 17.6 Å². The molecule has 31 heavy (non-hydrogen) atoms. The van der Waals surface area contributed by atoms with E-state index in [1.165, 1.54) is 0 Å². The number of ketones is 2. The number of aromatic hydroxyl groups is 1. The lowest BCUT2D eigenvalue weighted by Gasteiger charge is -2.43. The van der Waals surface area contributed by atoms with Gasteiger partial charge in [0.1, 0.15) is 17.4 Å². The van der Waals surface area contributed by atoms with Gasteiger partial charge in [0.2, 0.25) is 5.91 Å². The smallest absolute Gasteiger partial charge is 0.230 e. The summed E-state index contributed by atoms with van der Waals surface area (Å²) >= 11 is 0. The van der Waals surface area contributed by atoms with E-state index in [2.05, 4.69) is 0 Å². The molecule has 1 amide bonds. The van der Waals surface area contributed by atoms with Crippen LogP contribution in [0.25, 0.3) is 16.5 Å². The molecule has 160 valence electrons. The molecule has 7 N–H and O–H groups in total. The first-order chi connectivity index (χ1) is 14.7. The van der Waals surface area contributed by atoms with Crippen molar-refractivity contribution in [2.75, 3.05) is 5.73 Å². The number of amides is 1. The standard InChI is InChI=1S/C23H22N2O6/c24-13-3-1-2-11-12(13)6-9-4-8-5-10-7-14(26)18(23(25)31)22(30)17(10)21(29)16(8)20(28)15(9)19(11)27/h1-3,6,8,10,14,17-18,26-28H,4-5,7,24H2,(H2,25,31)/t8-,10-,14?,17?,18?/m0/s1. The van der Waals surface area contributed by atoms with Gasteiger partial charge in [-0.05, 0) is 48.8 Å². The molecule has 3 aliphatic carbocycles. The van der Waals surface area contributed by atoms with Crippen LogP contribution in [0, 0.1) is 23.7 Å². The third-order valence-corrected chi connectivity index (χ3v) is 7.09. The largest absolute Gasteiger partial charge is 0.507 e. The van der Waals surface area contributed by atoms with E-state index in [1.807, 2.05) is 6.07 Å². The molecule has 3 aliphatic rings. The van der Waals surface area contributed by atoms with Crippen molar-refractivity contribution in [1.29, 1.82) is 0 Å². The van der Waals surface area contributed by atoms with Gasteiger partial charge in [0, 0.05) is 22.0 Å². The predicted octanol–water partition coefficient (Wildman–Crippen LogP) is 1.21. The number of Topliss-reactive ketones (excluding diaryl/α,β-unsaturated/α-hetero) is 2. The number of fused-ring (bicyclic) bond motifs is 4. The molecule has 0 aliphatic heterocycles. The Morgan fingerprint density at radius 1 is 1.10 bits per heavy atom. The molecular weight excluding hydrogens is 400 g/mol. The minimum Gasteiger partial charge on any atom is -0.507 e. The summed E-state index contributed by atoms with van der Waals surface area (Å²) in [6.07, 6.45) is -0.331. The summed E-state index contributed by atoms with van der Waals surface area (Å²) in [7, 11) is 0. The van der Waals surface area contributed by atoms with Gasteiger partial charge >= 0.3 is 0 Å². The fourth-order valence-corrected chi connectivity index (χ4v) is 5.76. The first-order valence-corrected chi connectivity index (χ1v) is 10.2.